The molecule has 0 unspecified atom stereocenters. The number of hydrogen-bond acceptors (Lipinski definition) is 2. The van der Waals surface area contributed by atoms with Gasteiger partial charge in [0.15, 0.2) is 0 Å². The topological polar surface area (TPSA) is 23.5 Å². The fourth-order valence-electron chi connectivity index (χ4n) is 2.53. The predicted molar refractivity (Wildman–Crippen MR) is 78.7 cm³/mol. The standard InChI is InChI=1S/C15H22BrNO/c1-3-15(2)6-8-17(9-7-15)11-12-10-13(18)4-5-14(12)16/h4-5,10,18H,3,6-9,11H2,1-2H3. The van der Waals surface area contributed by atoms with Crippen LogP contribution in [0.1, 0.15) is 38.7 Å². The number of nitrogens with zero attached hydrogens (tertiary/aromatic N) is 1. The minimum atomic E-state index is 0.351. The maximum absolute atomic E-state index is 9.55. The van der Waals surface area contributed by atoms with Crippen molar-refractivity contribution in [3.8, 4) is 5.75 Å². The average molecular weight is 312 g/mol. The van der Waals surface area contributed by atoms with Crippen molar-refractivity contribution in [1.82, 2.24) is 4.90 Å². The molecule has 18 heavy (non-hydrogen) atoms. The second-order valence-corrected chi connectivity index (χ2v) is 6.57. The van der Waals surface area contributed by atoms with Gasteiger partial charge in [-0.2, -0.15) is 0 Å². The molecule has 1 aromatic rings. The van der Waals surface area contributed by atoms with E-state index >= 15 is 0 Å². The SMILES string of the molecule is CCC1(C)CCN(Cc2cc(O)ccc2Br)CC1. The quantitative estimate of drug-likeness (QED) is 0.905. The second kappa shape index (κ2) is 5.62. The molecule has 0 bridgehead atoms. The Bertz CT molecular complexity index is 411. The fraction of sp³-hybridized carbons (Fsp3) is 0.600. The Morgan fingerprint density at radius 1 is 1.33 bits per heavy atom. The van der Waals surface area contributed by atoms with Gasteiger partial charge in [0.25, 0.3) is 0 Å². The van der Waals surface area contributed by atoms with Crippen LogP contribution in [0.5, 0.6) is 5.75 Å². The lowest BCUT2D eigenvalue weighted by molar-refractivity contribution is 0.109. The Kier molecular flexibility index (Phi) is 4.33. The summed E-state index contributed by atoms with van der Waals surface area (Å²) in [4.78, 5) is 2.48. The summed E-state index contributed by atoms with van der Waals surface area (Å²) in [7, 11) is 0. The van der Waals surface area contributed by atoms with Gasteiger partial charge in [0.05, 0.1) is 0 Å². The van der Waals surface area contributed by atoms with Crippen molar-refractivity contribution in [2.45, 2.75) is 39.7 Å². The number of phenols is 1. The van der Waals surface area contributed by atoms with Crippen molar-refractivity contribution < 1.29 is 5.11 Å². The first kappa shape index (κ1) is 13.9. The van der Waals surface area contributed by atoms with Crippen LogP contribution in [-0.2, 0) is 6.54 Å². The van der Waals surface area contributed by atoms with Crippen LogP contribution >= 0.6 is 15.9 Å². The second-order valence-electron chi connectivity index (χ2n) is 5.72. The molecule has 0 aromatic heterocycles. The van der Waals surface area contributed by atoms with Crippen molar-refractivity contribution in [2.75, 3.05) is 13.1 Å². The number of halogens is 1. The Hall–Kier alpha value is -0.540. The Morgan fingerprint density at radius 3 is 2.61 bits per heavy atom. The van der Waals surface area contributed by atoms with Crippen LogP contribution in [-0.4, -0.2) is 23.1 Å². The molecule has 1 N–H and O–H groups in total. The highest BCUT2D eigenvalue weighted by Gasteiger charge is 2.28. The van der Waals surface area contributed by atoms with Crippen LogP contribution in [0.4, 0.5) is 0 Å². The van der Waals surface area contributed by atoms with E-state index in [-0.39, 0.29) is 0 Å². The van der Waals surface area contributed by atoms with Crippen LogP contribution in [0.25, 0.3) is 0 Å². The van der Waals surface area contributed by atoms with Crippen LogP contribution in [0, 0.1) is 5.41 Å². The molecule has 0 amide bonds. The van der Waals surface area contributed by atoms with Gasteiger partial charge in [-0.15, -0.1) is 0 Å². The minimum absolute atomic E-state index is 0.351. The summed E-state index contributed by atoms with van der Waals surface area (Å²) in [6.45, 7) is 7.93. The zero-order valence-electron chi connectivity index (χ0n) is 11.2. The lowest BCUT2D eigenvalue weighted by atomic mass is 9.78. The van der Waals surface area contributed by atoms with Crippen molar-refractivity contribution in [3.63, 3.8) is 0 Å². The molecular formula is C15H22BrNO. The van der Waals surface area contributed by atoms with Gasteiger partial charge >= 0.3 is 0 Å². The van der Waals surface area contributed by atoms with E-state index in [9.17, 15) is 5.11 Å². The van der Waals surface area contributed by atoms with Crippen molar-refractivity contribution in [3.05, 3.63) is 28.2 Å². The first-order valence-electron chi connectivity index (χ1n) is 6.72. The molecule has 1 aliphatic heterocycles. The van der Waals surface area contributed by atoms with Gasteiger partial charge in [0.1, 0.15) is 5.75 Å². The van der Waals surface area contributed by atoms with Gasteiger partial charge in [0.2, 0.25) is 0 Å². The molecule has 3 heteroatoms. The largest absolute Gasteiger partial charge is 0.508 e. The summed E-state index contributed by atoms with van der Waals surface area (Å²) in [6, 6.07) is 5.50. The predicted octanol–water partition coefficient (Wildman–Crippen LogP) is 4.17. The molecule has 0 spiro atoms. The van der Waals surface area contributed by atoms with Crippen molar-refractivity contribution >= 4 is 15.9 Å². The lowest BCUT2D eigenvalue weighted by Crippen LogP contribution is -2.37. The van der Waals surface area contributed by atoms with Gasteiger partial charge in [-0.3, -0.25) is 4.90 Å². The zero-order valence-corrected chi connectivity index (χ0v) is 12.8. The Balaban J connectivity index is 1.97. The van der Waals surface area contributed by atoms with E-state index in [1.165, 1.54) is 24.8 Å². The molecule has 100 valence electrons. The van der Waals surface area contributed by atoms with Crippen LogP contribution in [0.2, 0.25) is 0 Å². The van der Waals surface area contributed by atoms with Gasteiger partial charge in [0, 0.05) is 11.0 Å². The lowest BCUT2D eigenvalue weighted by Gasteiger charge is -2.39. The molecule has 2 rings (SSSR count). The maximum atomic E-state index is 9.55. The highest BCUT2D eigenvalue weighted by molar-refractivity contribution is 9.10. The summed E-state index contributed by atoms with van der Waals surface area (Å²) in [5, 5.41) is 9.55. The third-order valence-corrected chi connectivity index (χ3v) is 5.11. The smallest absolute Gasteiger partial charge is 0.115 e. The summed E-state index contributed by atoms with van der Waals surface area (Å²) in [5.41, 5.74) is 1.71. The molecular weight excluding hydrogens is 290 g/mol. The summed E-state index contributed by atoms with van der Waals surface area (Å²) in [6.07, 6.45) is 3.83. The van der Waals surface area contributed by atoms with Gasteiger partial charge in [-0.1, -0.05) is 36.2 Å². The van der Waals surface area contributed by atoms with E-state index in [1.54, 1.807) is 6.07 Å². The third-order valence-electron chi connectivity index (χ3n) is 4.34. The molecule has 1 fully saturated rings. The average Bonchev–Trinajstić information content (AvgIpc) is 2.37. The molecule has 1 aliphatic rings. The van der Waals surface area contributed by atoms with Gasteiger partial charge in [-0.25, -0.2) is 0 Å². The number of phenolic OH excluding ortho intramolecular Hbond substituents is 1. The summed E-state index contributed by atoms with van der Waals surface area (Å²) >= 11 is 3.56. The van der Waals surface area contributed by atoms with E-state index in [2.05, 4.69) is 34.7 Å². The van der Waals surface area contributed by atoms with Crippen LogP contribution in [0.15, 0.2) is 22.7 Å². The molecule has 0 atom stereocenters. The molecule has 1 heterocycles. The minimum Gasteiger partial charge on any atom is -0.508 e. The van der Waals surface area contributed by atoms with E-state index in [0.29, 0.717) is 11.2 Å². The Labute approximate surface area is 118 Å². The zero-order chi connectivity index (χ0) is 13.2. The first-order valence-corrected chi connectivity index (χ1v) is 7.51. The highest BCUT2D eigenvalue weighted by Crippen LogP contribution is 2.35. The van der Waals surface area contributed by atoms with Crippen molar-refractivity contribution in [2.24, 2.45) is 5.41 Å². The molecule has 0 saturated carbocycles. The van der Waals surface area contributed by atoms with Gasteiger partial charge < -0.3 is 5.11 Å². The maximum Gasteiger partial charge on any atom is 0.115 e. The fourth-order valence-corrected chi connectivity index (χ4v) is 2.90. The monoisotopic (exact) mass is 311 g/mol. The summed E-state index contributed by atoms with van der Waals surface area (Å²) in [5.74, 6) is 0.351. The molecule has 1 aromatic carbocycles. The number of benzene rings is 1. The van der Waals surface area contributed by atoms with Crippen LogP contribution < -0.4 is 0 Å². The molecule has 2 nitrogen and oxygen atoms in total. The third kappa shape index (κ3) is 3.27. The molecule has 1 saturated heterocycles. The van der Waals surface area contributed by atoms with Gasteiger partial charge in [-0.05, 0) is 55.1 Å². The number of aromatic hydroxyl groups is 1. The molecule has 0 aliphatic carbocycles. The molecule has 0 radical (unpaired) electrons. The number of piperidine rings is 1. The highest BCUT2D eigenvalue weighted by atomic mass is 79.9. The van der Waals surface area contributed by atoms with E-state index in [0.717, 1.165) is 24.1 Å². The van der Waals surface area contributed by atoms with Crippen LogP contribution in [0.3, 0.4) is 0 Å². The first-order chi connectivity index (χ1) is 8.52. The number of rotatable bonds is 3. The normalized spacial score (nSPS) is 19.9. The number of hydrogen-bond donors (Lipinski definition) is 1. The van der Waals surface area contributed by atoms with E-state index < -0.39 is 0 Å². The number of likely N-dealkylation sites (tertiary alicyclic amines) is 1. The van der Waals surface area contributed by atoms with Crippen molar-refractivity contribution in [1.29, 1.82) is 0 Å². The van der Waals surface area contributed by atoms with E-state index in [1.807, 2.05) is 12.1 Å². The summed E-state index contributed by atoms with van der Waals surface area (Å²) < 4.78 is 1.09. The van der Waals surface area contributed by atoms with E-state index in [4.69, 9.17) is 0 Å². The Morgan fingerprint density at radius 2 is 2.00 bits per heavy atom.